The van der Waals surface area contributed by atoms with E-state index in [-0.39, 0.29) is 0 Å². The van der Waals surface area contributed by atoms with Crippen LogP contribution in [0, 0.1) is 13.8 Å². The molecule has 4 heteroatoms. The summed E-state index contributed by atoms with van der Waals surface area (Å²) >= 11 is 6.32. The Hall–Kier alpha value is -0.770. The molecule has 3 nitrogen and oxygen atoms in total. The van der Waals surface area contributed by atoms with Crippen molar-refractivity contribution in [2.75, 3.05) is 32.8 Å². The summed E-state index contributed by atoms with van der Waals surface area (Å²) in [5.74, 6) is 1.02. The average Bonchev–Trinajstić information content (AvgIpc) is 2.41. The summed E-state index contributed by atoms with van der Waals surface area (Å²) in [6.45, 7) is 12.1. The Morgan fingerprint density at radius 3 is 2.63 bits per heavy atom. The highest BCUT2D eigenvalue weighted by molar-refractivity contribution is 6.31. The van der Waals surface area contributed by atoms with E-state index in [2.05, 4.69) is 24.1 Å². The standard InChI is InChI=1S/C15H23ClN2O/c1-4-19-15-11(2)9-14(16)12(3)13(15)10-18-7-5-17-6-8-18/h9,17H,4-8,10H2,1-3H3. The van der Waals surface area contributed by atoms with Gasteiger partial charge in [-0.2, -0.15) is 0 Å². The van der Waals surface area contributed by atoms with E-state index >= 15 is 0 Å². The molecule has 0 atom stereocenters. The SMILES string of the molecule is CCOc1c(C)cc(Cl)c(C)c1CN1CCNCC1. The zero-order valence-electron chi connectivity index (χ0n) is 12.1. The van der Waals surface area contributed by atoms with E-state index in [0.29, 0.717) is 6.61 Å². The highest BCUT2D eigenvalue weighted by Gasteiger charge is 2.18. The van der Waals surface area contributed by atoms with Crippen LogP contribution in [0.4, 0.5) is 0 Å². The number of ether oxygens (including phenoxy) is 1. The molecule has 1 heterocycles. The van der Waals surface area contributed by atoms with Gasteiger partial charge in [0.25, 0.3) is 0 Å². The molecule has 0 radical (unpaired) electrons. The zero-order valence-corrected chi connectivity index (χ0v) is 12.8. The first-order valence-electron chi connectivity index (χ1n) is 6.98. The van der Waals surface area contributed by atoms with Gasteiger partial charge in [0.15, 0.2) is 0 Å². The molecule has 2 rings (SSSR count). The molecule has 0 aliphatic carbocycles. The topological polar surface area (TPSA) is 24.5 Å². The lowest BCUT2D eigenvalue weighted by Crippen LogP contribution is -2.43. The van der Waals surface area contributed by atoms with Crippen molar-refractivity contribution >= 4 is 11.6 Å². The summed E-state index contributed by atoms with van der Waals surface area (Å²) in [6.07, 6.45) is 0. The second-order valence-electron chi connectivity index (χ2n) is 5.07. The first-order chi connectivity index (χ1) is 9.13. The van der Waals surface area contributed by atoms with Crippen LogP contribution in [0.5, 0.6) is 5.75 Å². The fourth-order valence-corrected chi connectivity index (χ4v) is 2.82. The van der Waals surface area contributed by atoms with Crippen molar-refractivity contribution < 1.29 is 4.74 Å². The highest BCUT2D eigenvalue weighted by Crippen LogP contribution is 2.33. The first kappa shape index (κ1) is 14.6. The summed E-state index contributed by atoms with van der Waals surface area (Å²) in [7, 11) is 0. The lowest BCUT2D eigenvalue weighted by atomic mass is 10.0. The molecule has 1 aromatic rings. The predicted molar refractivity (Wildman–Crippen MR) is 80.2 cm³/mol. The number of hydrogen-bond donors (Lipinski definition) is 1. The van der Waals surface area contributed by atoms with Gasteiger partial charge in [-0.05, 0) is 38.0 Å². The summed E-state index contributed by atoms with van der Waals surface area (Å²) in [6, 6.07) is 2.00. The molecule has 0 amide bonds. The third-order valence-corrected chi connectivity index (χ3v) is 4.06. The summed E-state index contributed by atoms with van der Waals surface area (Å²) in [5, 5.41) is 4.22. The molecule has 0 saturated carbocycles. The maximum Gasteiger partial charge on any atom is 0.127 e. The molecule has 1 aromatic carbocycles. The Labute approximate surface area is 120 Å². The van der Waals surface area contributed by atoms with Crippen LogP contribution < -0.4 is 10.1 Å². The number of benzene rings is 1. The number of hydrogen-bond acceptors (Lipinski definition) is 3. The fraction of sp³-hybridized carbons (Fsp3) is 0.600. The number of halogens is 1. The van der Waals surface area contributed by atoms with Gasteiger partial charge in [0, 0.05) is 43.3 Å². The Balaban J connectivity index is 2.29. The fourth-order valence-electron chi connectivity index (χ4n) is 2.54. The van der Waals surface area contributed by atoms with E-state index < -0.39 is 0 Å². The van der Waals surface area contributed by atoms with Crippen molar-refractivity contribution in [1.82, 2.24) is 10.2 Å². The van der Waals surface area contributed by atoms with Crippen LogP contribution in [-0.2, 0) is 6.54 Å². The number of aryl methyl sites for hydroxylation is 1. The first-order valence-corrected chi connectivity index (χ1v) is 7.35. The minimum Gasteiger partial charge on any atom is -0.493 e. The minimum atomic E-state index is 0.691. The second kappa shape index (κ2) is 6.60. The molecule has 106 valence electrons. The van der Waals surface area contributed by atoms with Crippen molar-refractivity contribution in [2.45, 2.75) is 27.3 Å². The van der Waals surface area contributed by atoms with Gasteiger partial charge < -0.3 is 10.1 Å². The monoisotopic (exact) mass is 282 g/mol. The van der Waals surface area contributed by atoms with Gasteiger partial charge in [0.05, 0.1) is 6.61 Å². The van der Waals surface area contributed by atoms with Crippen LogP contribution in [0.3, 0.4) is 0 Å². The van der Waals surface area contributed by atoms with E-state index in [9.17, 15) is 0 Å². The van der Waals surface area contributed by atoms with Crippen molar-refractivity contribution in [3.05, 3.63) is 27.8 Å². The van der Waals surface area contributed by atoms with Gasteiger partial charge in [0.1, 0.15) is 5.75 Å². The van der Waals surface area contributed by atoms with Gasteiger partial charge in [-0.25, -0.2) is 0 Å². The molecule has 0 unspecified atom stereocenters. The van der Waals surface area contributed by atoms with Gasteiger partial charge in [-0.1, -0.05) is 11.6 Å². The molecule has 0 bridgehead atoms. The van der Waals surface area contributed by atoms with Gasteiger partial charge in [0.2, 0.25) is 0 Å². The molecular formula is C15H23ClN2O. The third kappa shape index (κ3) is 3.41. The van der Waals surface area contributed by atoms with E-state index in [1.165, 1.54) is 5.56 Å². The lowest BCUT2D eigenvalue weighted by Gasteiger charge is -2.29. The number of nitrogens with one attached hydrogen (secondary N) is 1. The highest BCUT2D eigenvalue weighted by atomic mass is 35.5. The zero-order chi connectivity index (χ0) is 13.8. The van der Waals surface area contributed by atoms with Crippen LogP contribution in [0.2, 0.25) is 5.02 Å². The van der Waals surface area contributed by atoms with E-state index in [0.717, 1.165) is 54.6 Å². The van der Waals surface area contributed by atoms with Crippen LogP contribution in [0.1, 0.15) is 23.6 Å². The van der Waals surface area contributed by atoms with E-state index in [1.54, 1.807) is 0 Å². The van der Waals surface area contributed by atoms with Crippen molar-refractivity contribution in [3.8, 4) is 5.75 Å². The lowest BCUT2D eigenvalue weighted by molar-refractivity contribution is 0.227. The molecule has 1 fully saturated rings. The van der Waals surface area contributed by atoms with Crippen molar-refractivity contribution in [3.63, 3.8) is 0 Å². The Bertz CT molecular complexity index is 442. The van der Waals surface area contributed by atoms with Gasteiger partial charge in [-0.15, -0.1) is 0 Å². The maximum atomic E-state index is 6.32. The molecule has 1 aliphatic heterocycles. The molecule has 1 aliphatic rings. The summed E-state index contributed by atoms with van der Waals surface area (Å²) in [5.41, 5.74) is 3.52. The average molecular weight is 283 g/mol. The Morgan fingerprint density at radius 1 is 1.32 bits per heavy atom. The molecule has 0 spiro atoms. The van der Waals surface area contributed by atoms with Crippen LogP contribution in [0.15, 0.2) is 6.07 Å². The second-order valence-corrected chi connectivity index (χ2v) is 5.47. The molecule has 1 N–H and O–H groups in total. The Kier molecular flexibility index (Phi) is 5.08. The molecule has 0 aromatic heterocycles. The van der Waals surface area contributed by atoms with Gasteiger partial charge >= 0.3 is 0 Å². The normalized spacial score (nSPS) is 16.6. The van der Waals surface area contributed by atoms with Crippen molar-refractivity contribution in [2.24, 2.45) is 0 Å². The van der Waals surface area contributed by atoms with E-state index in [1.807, 2.05) is 13.0 Å². The Morgan fingerprint density at radius 2 is 2.00 bits per heavy atom. The number of nitrogens with zero attached hydrogens (tertiary/aromatic N) is 1. The summed E-state index contributed by atoms with van der Waals surface area (Å²) in [4.78, 5) is 2.46. The quantitative estimate of drug-likeness (QED) is 0.919. The van der Waals surface area contributed by atoms with Crippen LogP contribution >= 0.6 is 11.6 Å². The maximum absolute atomic E-state index is 6.32. The molecule has 1 saturated heterocycles. The molecule has 19 heavy (non-hydrogen) atoms. The van der Waals surface area contributed by atoms with Crippen LogP contribution in [0.25, 0.3) is 0 Å². The third-order valence-electron chi connectivity index (χ3n) is 3.67. The number of rotatable bonds is 4. The summed E-state index contributed by atoms with van der Waals surface area (Å²) < 4.78 is 5.84. The van der Waals surface area contributed by atoms with Crippen LogP contribution in [-0.4, -0.2) is 37.7 Å². The van der Waals surface area contributed by atoms with E-state index in [4.69, 9.17) is 16.3 Å². The smallest absolute Gasteiger partial charge is 0.127 e. The van der Waals surface area contributed by atoms with Gasteiger partial charge in [-0.3, -0.25) is 4.90 Å². The molecular weight excluding hydrogens is 260 g/mol. The largest absolute Gasteiger partial charge is 0.493 e. The predicted octanol–water partition coefficient (Wildman–Crippen LogP) is 2.76. The minimum absolute atomic E-state index is 0.691. The number of piperazine rings is 1. The van der Waals surface area contributed by atoms with Crippen molar-refractivity contribution in [1.29, 1.82) is 0 Å².